The molecule has 2 nitrogen and oxygen atoms in total. The van der Waals surface area contributed by atoms with E-state index in [0.717, 1.165) is 13.1 Å². The van der Waals surface area contributed by atoms with Crippen molar-refractivity contribution in [2.75, 3.05) is 26.2 Å². The molecule has 0 aliphatic carbocycles. The van der Waals surface area contributed by atoms with Crippen LogP contribution in [0.4, 0.5) is 0 Å². The summed E-state index contributed by atoms with van der Waals surface area (Å²) >= 11 is 0. The molecular formula is C11H22N2. The molecule has 1 heterocycles. The second-order valence-electron chi connectivity index (χ2n) is 3.81. The predicted octanol–water partition coefficient (Wildman–Crippen LogP) is 1.64. The van der Waals surface area contributed by atoms with Gasteiger partial charge in [-0.05, 0) is 32.9 Å². The molecule has 0 spiro atoms. The quantitative estimate of drug-likeness (QED) is 0.650. The van der Waals surface area contributed by atoms with Crippen LogP contribution in [0.5, 0.6) is 0 Å². The Morgan fingerprint density at radius 2 is 2.31 bits per heavy atom. The first-order chi connectivity index (χ1) is 6.33. The Hall–Kier alpha value is -0.340. The zero-order chi connectivity index (χ0) is 9.52. The van der Waals surface area contributed by atoms with Crippen LogP contribution in [0, 0.1) is 0 Å². The van der Waals surface area contributed by atoms with Crippen molar-refractivity contribution in [3.63, 3.8) is 0 Å². The van der Waals surface area contributed by atoms with E-state index in [9.17, 15) is 0 Å². The van der Waals surface area contributed by atoms with E-state index in [0.29, 0.717) is 6.04 Å². The largest absolute Gasteiger partial charge is 0.314 e. The van der Waals surface area contributed by atoms with E-state index >= 15 is 0 Å². The van der Waals surface area contributed by atoms with Crippen LogP contribution < -0.4 is 5.32 Å². The molecule has 1 aliphatic rings. The smallest absolute Gasteiger partial charge is 0.0163 e. The minimum absolute atomic E-state index is 0.663. The zero-order valence-corrected chi connectivity index (χ0v) is 8.92. The van der Waals surface area contributed by atoms with E-state index in [-0.39, 0.29) is 0 Å². The zero-order valence-electron chi connectivity index (χ0n) is 8.92. The number of hydrogen-bond acceptors (Lipinski definition) is 2. The molecule has 1 N–H and O–H groups in total. The summed E-state index contributed by atoms with van der Waals surface area (Å²) in [5, 5.41) is 3.44. The van der Waals surface area contributed by atoms with Crippen LogP contribution in [0.25, 0.3) is 0 Å². The summed E-state index contributed by atoms with van der Waals surface area (Å²) < 4.78 is 0. The molecule has 0 amide bonds. The number of nitrogens with one attached hydrogen (secondary N) is 1. The van der Waals surface area contributed by atoms with E-state index in [1.54, 1.807) is 0 Å². The molecule has 0 aromatic carbocycles. The van der Waals surface area contributed by atoms with Gasteiger partial charge in [0.15, 0.2) is 0 Å². The van der Waals surface area contributed by atoms with Crippen molar-refractivity contribution in [2.45, 2.75) is 32.7 Å². The van der Waals surface area contributed by atoms with Crippen LogP contribution in [-0.2, 0) is 0 Å². The van der Waals surface area contributed by atoms with Gasteiger partial charge in [0, 0.05) is 19.1 Å². The van der Waals surface area contributed by atoms with Gasteiger partial charge in [-0.15, -0.1) is 0 Å². The topological polar surface area (TPSA) is 15.3 Å². The molecule has 13 heavy (non-hydrogen) atoms. The standard InChI is InChI=1S/C11H22N2/c1-3-12-11(2)7-10-13-8-5-4-6-9-13/h4-5,11-12H,3,6-10H2,1-2H3. The third kappa shape index (κ3) is 4.44. The number of rotatable bonds is 5. The number of nitrogens with zero attached hydrogens (tertiary/aromatic N) is 1. The first-order valence-corrected chi connectivity index (χ1v) is 5.43. The summed E-state index contributed by atoms with van der Waals surface area (Å²) in [7, 11) is 0. The summed E-state index contributed by atoms with van der Waals surface area (Å²) in [5.74, 6) is 0. The molecule has 0 saturated heterocycles. The van der Waals surface area contributed by atoms with Crippen LogP contribution in [-0.4, -0.2) is 37.1 Å². The molecule has 0 aromatic rings. The molecular weight excluding hydrogens is 160 g/mol. The summed E-state index contributed by atoms with van der Waals surface area (Å²) in [5.41, 5.74) is 0. The van der Waals surface area contributed by atoms with E-state index < -0.39 is 0 Å². The molecule has 76 valence electrons. The van der Waals surface area contributed by atoms with Crippen molar-refractivity contribution in [2.24, 2.45) is 0 Å². The average Bonchev–Trinajstić information content (AvgIpc) is 2.17. The van der Waals surface area contributed by atoms with Crippen LogP contribution in [0.1, 0.15) is 26.7 Å². The third-order valence-electron chi connectivity index (χ3n) is 2.57. The van der Waals surface area contributed by atoms with Crippen molar-refractivity contribution in [1.82, 2.24) is 10.2 Å². The Morgan fingerprint density at radius 1 is 1.46 bits per heavy atom. The van der Waals surface area contributed by atoms with Crippen molar-refractivity contribution in [1.29, 1.82) is 0 Å². The van der Waals surface area contributed by atoms with Gasteiger partial charge in [-0.1, -0.05) is 19.1 Å². The van der Waals surface area contributed by atoms with Gasteiger partial charge in [-0.25, -0.2) is 0 Å². The fourth-order valence-electron chi connectivity index (χ4n) is 1.72. The minimum atomic E-state index is 0.663. The van der Waals surface area contributed by atoms with E-state index in [1.165, 1.54) is 25.9 Å². The first-order valence-electron chi connectivity index (χ1n) is 5.43. The van der Waals surface area contributed by atoms with Gasteiger partial charge in [0.1, 0.15) is 0 Å². The second kappa shape index (κ2) is 6.17. The predicted molar refractivity (Wildman–Crippen MR) is 58.0 cm³/mol. The van der Waals surface area contributed by atoms with Gasteiger partial charge in [0.05, 0.1) is 0 Å². The highest BCUT2D eigenvalue weighted by Crippen LogP contribution is 2.03. The van der Waals surface area contributed by atoms with Gasteiger partial charge in [0.2, 0.25) is 0 Å². The van der Waals surface area contributed by atoms with E-state index in [2.05, 4.69) is 36.2 Å². The maximum Gasteiger partial charge on any atom is 0.0163 e. The van der Waals surface area contributed by atoms with Crippen LogP contribution in [0.15, 0.2) is 12.2 Å². The highest BCUT2D eigenvalue weighted by Gasteiger charge is 2.07. The molecule has 1 atom stereocenters. The van der Waals surface area contributed by atoms with Crippen molar-refractivity contribution < 1.29 is 0 Å². The SMILES string of the molecule is CCNC(C)CCN1CC=CCC1. The highest BCUT2D eigenvalue weighted by atomic mass is 15.1. The van der Waals surface area contributed by atoms with Crippen molar-refractivity contribution >= 4 is 0 Å². The molecule has 0 fully saturated rings. The molecule has 0 bridgehead atoms. The second-order valence-corrected chi connectivity index (χ2v) is 3.81. The Bertz CT molecular complexity index is 154. The fraction of sp³-hybridized carbons (Fsp3) is 0.818. The van der Waals surface area contributed by atoms with E-state index in [4.69, 9.17) is 0 Å². The Balaban J connectivity index is 2.07. The first kappa shape index (κ1) is 10.7. The van der Waals surface area contributed by atoms with Crippen molar-refractivity contribution in [3.05, 3.63) is 12.2 Å². The number of hydrogen-bond donors (Lipinski definition) is 1. The van der Waals surface area contributed by atoms with Crippen molar-refractivity contribution in [3.8, 4) is 0 Å². The third-order valence-corrected chi connectivity index (χ3v) is 2.57. The summed E-state index contributed by atoms with van der Waals surface area (Å²) in [6.07, 6.45) is 7.06. The Kier molecular flexibility index (Phi) is 5.09. The Morgan fingerprint density at radius 3 is 2.92 bits per heavy atom. The van der Waals surface area contributed by atoms with Crippen LogP contribution >= 0.6 is 0 Å². The summed E-state index contributed by atoms with van der Waals surface area (Å²) in [4.78, 5) is 2.52. The lowest BCUT2D eigenvalue weighted by Gasteiger charge is -2.24. The van der Waals surface area contributed by atoms with Gasteiger partial charge < -0.3 is 5.32 Å². The van der Waals surface area contributed by atoms with Crippen LogP contribution in [0.2, 0.25) is 0 Å². The van der Waals surface area contributed by atoms with Crippen LogP contribution in [0.3, 0.4) is 0 Å². The molecule has 1 unspecified atom stereocenters. The van der Waals surface area contributed by atoms with Gasteiger partial charge in [-0.3, -0.25) is 4.90 Å². The van der Waals surface area contributed by atoms with Gasteiger partial charge >= 0.3 is 0 Å². The monoisotopic (exact) mass is 182 g/mol. The molecule has 0 saturated carbocycles. The lowest BCUT2D eigenvalue weighted by atomic mass is 10.2. The van der Waals surface area contributed by atoms with Gasteiger partial charge in [0.25, 0.3) is 0 Å². The summed E-state index contributed by atoms with van der Waals surface area (Å²) in [6, 6.07) is 0.663. The Labute approximate surface area is 82.0 Å². The molecule has 1 rings (SSSR count). The average molecular weight is 182 g/mol. The van der Waals surface area contributed by atoms with Gasteiger partial charge in [-0.2, -0.15) is 0 Å². The normalized spacial score (nSPS) is 20.5. The lowest BCUT2D eigenvalue weighted by molar-refractivity contribution is 0.281. The fourth-order valence-corrected chi connectivity index (χ4v) is 1.72. The maximum absolute atomic E-state index is 3.44. The summed E-state index contributed by atoms with van der Waals surface area (Å²) in [6.45, 7) is 9.15. The van der Waals surface area contributed by atoms with E-state index in [1.807, 2.05) is 0 Å². The molecule has 2 heteroatoms. The minimum Gasteiger partial charge on any atom is -0.314 e. The lowest BCUT2D eigenvalue weighted by Crippen LogP contribution is -2.34. The maximum atomic E-state index is 3.44. The molecule has 1 aliphatic heterocycles. The molecule has 0 aromatic heterocycles. The highest BCUT2D eigenvalue weighted by molar-refractivity contribution is 4.90. The molecule has 0 radical (unpaired) electrons.